The largest absolute Gasteiger partial charge is 2.00 e. The zero-order valence-corrected chi connectivity index (χ0v) is 21.6. The second kappa shape index (κ2) is 24.3. The maximum absolute atomic E-state index is 10.9. The Kier molecular flexibility index (Phi) is 31.8. The van der Waals surface area contributed by atoms with Crippen molar-refractivity contribution in [3.8, 4) is 0 Å². The first-order chi connectivity index (χ1) is 12.7. The number of carbonyl (C=O) groups is 2. The summed E-state index contributed by atoms with van der Waals surface area (Å²) >= 11 is 0. The second-order valence-corrected chi connectivity index (χ2v) is 6.15. The zero-order valence-electron chi connectivity index (χ0n) is 20.0. The summed E-state index contributed by atoms with van der Waals surface area (Å²) in [5.74, 6) is -0.528. The third kappa shape index (κ3) is 31.2. The van der Waals surface area contributed by atoms with Gasteiger partial charge in [0, 0.05) is 56.4 Å². The summed E-state index contributed by atoms with van der Waals surface area (Å²) in [5, 5.41) is 25.2. The van der Waals surface area contributed by atoms with Crippen molar-refractivity contribution in [2.45, 2.75) is 0 Å². The van der Waals surface area contributed by atoms with Crippen LogP contribution in [0.5, 0.6) is 0 Å². The van der Waals surface area contributed by atoms with Crippen molar-refractivity contribution in [1.29, 1.82) is 0 Å². The van der Waals surface area contributed by atoms with E-state index >= 15 is 0 Å². The maximum atomic E-state index is 10.9. The van der Waals surface area contributed by atoms with Crippen LogP contribution in [-0.4, -0.2) is 126 Å². The third-order valence-electron chi connectivity index (χ3n) is 2.30. The van der Waals surface area contributed by atoms with E-state index in [1.807, 2.05) is 0 Å². The Morgan fingerprint density at radius 2 is 0.759 bits per heavy atom. The Labute approximate surface area is 192 Å². The maximum Gasteiger partial charge on any atom is 2.00 e. The number of nitrogens with zero attached hydrogens (tertiary/aromatic N) is 6. The van der Waals surface area contributed by atoms with Gasteiger partial charge in [0.05, 0.1) is 12.2 Å². The van der Waals surface area contributed by atoms with E-state index in [1.165, 1.54) is 31.8 Å². The fraction of sp³-hybridized carbons (Fsp3) is 0.667. The number of aliphatic hydroxyl groups excluding tert-OH is 2. The molecule has 0 saturated heterocycles. The third-order valence-corrected chi connectivity index (χ3v) is 2.30. The first-order valence-electron chi connectivity index (χ1n) is 8.27. The minimum Gasteiger partial charge on any atom is -0.668 e. The summed E-state index contributed by atoms with van der Waals surface area (Å²) in [5.41, 5.74) is 0. The first-order valence-corrected chi connectivity index (χ1v) is 8.27. The van der Waals surface area contributed by atoms with Crippen molar-refractivity contribution < 1.29 is 41.5 Å². The van der Waals surface area contributed by atoms with Gasteiger partial charge in [-0.2, -0.15) is 28.2 Å². The van der Waals surface area contributed by atoms with Crippen LogP contribution in [0.4, 0.5) is 0 Å². The van der Waals surface area contributed by atoms with E-state index in [0.29, 0.717) is 0 Å². The fourth-order valence-corrected chi connectivity index (χ4v) is 0.737. The molecule has 0 fully saturated rings. The molecule has 2 amide bonds. The summed E-state index contributed by atoms with van der Waals surface area (Å²) in [6.45, 7) is 0. The molecule has 0 heterocycles. The predicted molar refractivity (Wildman–Crippen MR) is 117 cm³/mol. The van der Waals surface area contributed by atoms with Crippen LogP contribution in [0.25, 0.3) is 10.6 Å². The van der Waals surface area contributed by atoms with E-state index < -0.39 is 0 Å². The average molecular weight is 452 g/mol. The minimum atomic E-state index is -0.226. The first kappa shape index (κ1) is 37.9. The minimum absolute atomic E-state index is 0. The molecule has 0 aromatic heterocycles. The molecule has 0 radical (unpaired) electrons. The van der Waals surface area contributed by atoms with Crippen molar-refractivity contribution >= 4 is 11.8 Å². The molecule has 0 bridgehead atoms. The Morgan fingerprint density at radius 1 is 0.586 bits per heavy atom. The molecule has 11 heteroatoms. The van der Waals surface area contributed by atoms with Gasteiger partial charge in [0.25, 0.3) is 11.8 Å². The van der Waals surface area contributed by atoms with Crippen LogP contribution < -0.4 is 0 Å². The monoisotopic (exact) mass is 452 g/mol. The van der Waals surface area contributed by atoms with Crippen molar-refractivity contribution in [2.24, 2.45) is 0 Å². The van der Waals surface area contributed by atoms with Gasteiger partial charge < -0.3 is 40.4 Å². The van der Waals surface area contributed by atoms with E-state index in [0.717, 1.165) is 0 Å². The van der Waals surface area contributed by atoms with Gasteiger partial charge in [-0.25, -0.2) is 0 Å². The second-order valence-electron chi connectivity index (χ2n) is 6.15. The van der Waals surface area contributed by atoms with Gasteiger partial charge in [-0.1, -0.05) is 0 Å². The number of likely N-dealkylation sites (N-methyl/N-ethyl adjacent to an activating group) is 2. The van der Waals surface area contributed by atoms with E-state index in [2.05, 4.69) is 10.6 Å². The summed E-state index contributed by atoms with van der Waals surface area (Å²) in [6.07, 6.45) is 2.33. The molecule has 0 aliphatic rings. The van der Waals surface area contributed by atoms with Gasteiger partial charge in [0.15, 0.2) is 11.8 Å². The number of rotatable bonds is 4. The molecular formula is C18H40N6O4Ti. The van der Waals surface area contributed by atoms with Crippen LogP contribution in [0.15, 0.2) is 23.9 Å². The molecule has 10 nitrogen and oxygen atoms in total. The smallest absolute Gasteiger partial charge is 0.668 e. The van der Waals surface area contributed by atoms with Crippen LogP contribution in [0, 0.1) is 0 Å². The molecule has 0 aromatic carbocycles. The number of hydrogen-bond acceptors (Lipinski definition) is 6. The summed E-state index contributed by atoms with van der Waals surface area (Å²) < 4.78 is 0. The Hall–Kier alpha value is -1.75. The van der Waals surface area contributed by atoms with Gasteiger partial charge in [-0.3, -0.25) is 9.59 Å². The van der Waals surface area contributed by atoms with E-state index in [1.54, 1.807) is 84.6 Å². The van der Waals surface area contributed by atoms with E-state index in [9.17, 15) is 9.59 Å². The molecule has 170 valence electrons. The normalized spacial score (nSPS) is 9.66. The molecule has 0 atom stereocenters. The van der Waals surface area contributed by atoms with E-state index in [4.69, 9.17) is 10.2 Å². The van der Waals surface area contributed by atoms with Crippen LogP contribution in [0.2, 0.25) is 0 Å². The standard InChI is InChI=1S/2C7H14N2O2.2C2H6N.Ti/c2*1-8(2)6(10)5-7(11)9(3)4;2*1-3-2;/h2*5,10H,1-4H3;2*1-2H3;/q;;2*-1;+2/b2*6-5-;;;. The van der Waals surface area contributed by atoms with Crippen molar-refractivity contribution in [3.05, 3.63) is 34.6 Å². The molecule has 0 aliphatic heterocycles. The zero-order chi connectivity index (χ0) is 23.4. The molecular weight excluding hydrogens is 412 g/mol. The molecule has 0 spiro atoms. The topological polar surface area (TPSA) is 116 Å². The molecule has 29 heavy (non-hydrogen) atoms. The van der Waals surface area contributed by atoms with Gasteiger partial charge in [-0.15, -0.1) is 0 Å². The van der Waals surface area contributed by atoms with Crippen LogP contribution in [0.3, 0.4) is 0 Å². The van der Waals surface area contributed by atoms with Crippen molar-refractivity contribution in [1.82, 2.24) is 19.6 Å². The number of amides is 2. The SMILES string of the molecule is CN(C)C(=O)/C=C(\O)N(C)C.CN(C)C(=O)/C=C(\O)N(C)C.C[N-]C.C[N-]C.[Ti+2]. The Balaban J connectivity index is -0.000000101. The average Bonchev–Trinajstić information content (AvgIpc) is 2.56. The summed E-state index contributed by atoms with van der Waals surface area (Å²) in [6, 6.07) is 0. The molecule has 0 saturated carbocycles. The number of aliphatic hydroxyl groups is 2. The Morgan fingerprint density at radius 3 is 0.862 bits per heavy atom. The predicted octanol–water partition coefficient (Wildman–Crippen LogP) is 1.31. The van der Waals surface area contributed by atoms with Crippen LogP contribution >= 0.6 is 0 Å². The molecule has 0 rings (SSSR count). The van der Waals surface area contributed by atoms with Crippen LogP contribution in [-0.2, 0) is 31.3 Å². The molecule has 2 N–H and O–H groups in total. The quantitative estimate of drug-likeness (QED) is 0.378. The van der Waals surface area contributed by atoms with Crippen molar-refractivity contribution in [3.63, 3.8) is 0 Å². The van der Waals surface area contributed by atoms with Gasteiger partial charge >= 0.3 is 21.7 Å². The number of carbonyl (C=O) groups excluding carboxylic acids is 2. The molecule has 0 unspecified atom stereocenters. The molecule has 0 aromatic rings. The van der Waals surface area contributed by atoms with E-state index in [-0.39, 0.29) is 45.3 Å². The van der Waals surface area contributed by atoms with Crippen LogP contribution in [0.1, 0.15) is 0 Å². The molecule has 0 aliphatic carbocycles. The fourth-order valence-electron chi connectivity index (χ4n) is 0.737. The number of hydrogen-bond donors (Lipinski definition) is 2. The van der Waals surface area contributed by atoms with Gasteiger partial charge in [0.2, 0.25) is 0 Å². The summed E-state index contributed by atoms with van der Waals surface area (Å²) in [4.78, 5) is 27.5. The van der Waals surface area contributed by atoms with Crippen molar-refractivity contribution in [2.75, 3.05) is 84.6 Å². The van der Waals surface area contributed by atoms with Gasteiger partial charge in [0.1, 0.15) is 0 Å². The van der Waals surface area contributed by atoms with Gasteiger partial charge in [-0.05, 0) is 0 Å². The summed E-state index contributed by atoms with van der Waals surface area (Å²) in [7, 11) is 20.2. The Bertz CT molecular complexity index is 425.